The van der Waals surface area contributed by atoms with Crippen molar-refractivity contribution in [1.29, 1.82) is 0 Å². The zero-order valence-corrected chi connectivity index (χ0v) is 11.4. The van der Waals surface area contributed by atoms with E-state index in [1.807, 2.05) is 18.2 Å². The Morgan fingerprint density at radius 1 is 1.21 bits per heavy atom. The maximum atomic E-state index is 11.1. The number of esters is 1. The van der Waals surface area contributed by atoms with E-state index in [4.69, 9.17) is 4.74 Å². The Morgan fingerprint density at radius 2 is 1.95 bits per heavy atom. The van der Waals surface area contributed by atoms with Gasteiger partial charge in [-0.1, -0.05) is 42.5 Å². The zero-order valence-electron chi connectivity index (χ0n) is 11.4. The third-order valence-corrected chi connectivity index (χ3v) is 3.27. The van der Waals surface area contributed by atoms with E-state index in [0.29, 0.717) is 0 Å². The van der Waals surface area contributed by atoms with Crippen molar-refractivity contribution < 1.29 is 9.53 Å². The molecule has 2 nitrogen and oxygen atoms in total. The van der Waals surface area contributed by atoms with Gasteiger partial charge in [-0.2, -0.15) is 0 Å². The highest BCUT2D eigenvalue weighted by molar-refractivity contribution is 5.67. The van der Waals surface area contributed by atoms with Crippen LogP contribution in [0.15, 0.2) is 47.7 Å². The molecule has 0 N–H and O–H groups in total. The summed E-state index contributed by atoms with van der Waals surface area (Å²) in [5.41, 5.74) is 2.47. The first-order valence-corrected chi connectivity index (χ1v) is 6.86. The van der Waals surface area contributed by atoms with Crippen LogP contribution in [0.2, 0.25) is 0 Å². The van der Waals surface area contributed by atoms with Crippen molar-refractivity contribution in [2.75, 3.05) is 0 Å². The summed E-state index contributed by atoms with van der Waals surface area (Å²) >= 11 is 0. The van der Waals surface area contributed by atoms with Gasteiger partial charge in [0, 0.05) is 13.3 Å². The predicted octanol–water partition coefficient (Wildman–Crippen LogP) is 4.48. The van der Waals surface area contributed by atoms with E-state index in [1.165, 1.54) is 24.5 Å². The summed E-state index contributed by atoms with van der Waals surface area (Å²) in [5.74, 6) is 0.693. The lowest BCUT2D eigenvalue weighted by atomic mass is 9.95. The zero-order chi connectivity index (χ0) is 13.5. The van der Waals surface area contributed by atoms with E-state index >= 15 is 0 Å². The number of ether oxygens (including phenoxy) is 1. The highest BCUT2D eigenvalue weighted by Crippen LogP contribution is 2.28. The van der Waals surface area contributed by atoms with Gasteiger partial charge in [-0.25, -0.2) is 0 Å². The summed E-state index contributed by atoms with van der Waals surface area (Å²) < 4.78 is 5.31. The number of carbonyl (C=O) groups excluding carboxylic acids is 1. The predicted molar refractivity (Wildman–Crippen MR) is 77.4 cm³/mol. The second-order valence-electron chi connectivity index (χ2n) is 4.84. The fourth-order valence-electron chi connectivity index (χ4n) is 2.35. The van der Waals surface area contributed by atoms with Crippen LogP contribution in [0.4, 0.5) is 0 Å². The largest absolute Gasteiger partial charge is 0.431 e. The smallest absolute Gasteiger partial charge is 0.307 e. The fraction of sp³-hybridized carbons (Fsp3) is 0.353. The lowest BCUT2D eigenvalue weighted by Crippen LogP contribution is -2.06. The topological polar surface area (TPSA) is 26.3 Å². The van der Waals surface area contributed by atoms with E-state index in [-0.39, 0.29) is 5.97 Å². The molecule has 19 heavy (non-hydrogen) atoms. The minimum atomic E-state index is -0.207. The van der Waals surface area contributed by atoms with Gasteiger partial charge in [0.05, 0.1) is 0 Å². The number of rotatable bonds is 4. The second kappa shape index (κ2) is 6.93. The van der Waals surface area contributed by atoms with Crippen LogP contribution < -0.4 is 0 Å². The molecule has 0 atom stereocenters. The molecule has 0 radical (unpaired) electrons. The van der Waals surface area contributed by atoms with E-state index in [1.54, 1.807) is 0 Å². The van der Waals surface area contributed by atoms with Gasteiger partial charge in [0.15, 0.2) is 0 Å². The molecule has 0 aliphatic heterocycles. The van der Waals surface area contributed by atoms with Gasteiger partial charge in [0.25, 0.3) is 0 Å². The molecule has 0 saturated heterocycles. The molecule has 2 heteroatoms. The molecule has 0 saturated carbocycles. The normalized spacial score (nSPS) is 15.8. The van der Waals surface area contributed by atoms with Crippen molar-refractivity contribution in [1.82, 2.24) is 0 Å². The molecule has 0 heterocycles. The van der Waals surface area contributed by atoms with Gasteiger partial charge in [-0.15, -0.1) is 0 Å². The molecule has 100 valence electrons. The molecule has 0 fully saturated rings. The minimum absolute atomic E-state index is 0.207. The van der Waals surface area contributed by atoms with Gasteiger partial charge in [-0.3, -0.25) is 4.79 Å². The number of benzene rings is 1. The quantitative estimate of drug-likeness (QED) is 0.742. The SMILES string of the molecule is CC(=O)OC1=C(C/C=C/c2ccccc2)CCCC1. The average molecular weight is 256 g/mol. The molecule has 0 bridgehead atoms. The second-order valence-corrected chi connectivity index (χ2v) is 4.84. The summed E-state index contributed by atoms with van der Waals surface area (Å²) in [4.78, 5) is 11.1. The first-order valence-electron chi connectivity index (χ1n) is 6.86. The molecule has 0 spiro atoms. The molecule has 0 unspecified atom stereocenters. The van der Waals surface area contributed by atoms with Crippen molar-refractivity contribution in [3.8, 4) is 0 Å². The van der Waals surface area contributed by atoms with Crippen molar-refractivity contribution in [2.24, 2.45) is 0 Å². The summed E-state index contributed by atoms with van der Waals surface area (Å²) in [6, 6.07) is 10.2. The molecular weight excluding hydrogens is 236 g/mol. The van der Waals surface area contributed by atoms with Gasteiger partial charge < -0.3 is 4.74 Å². The first-order chi connectivity index (χ1) is 9.25. The summed E-state index contributed by atoms with van der Waals surface area (Å²) in [6.45, 7) is 1.47. The average Bonchev–Trinajstić information content (AvgIpc) is 2.41. The lowest BCUT2D eigenvalue weighted by Gasteiger charge is -2.18. The van der Waals surface area contributed by atoms with Crippen LogP contribution in [0.5, 0.6) is 0 Å². The Labute approximate surface area is 114 Å². The molecule has 2 rings (SSSR count). The highest BCUT2D eigenvalue weighted by Gasteiger charge is 2.14. The maximum Gasteiger partial charge on any atom is 0.307 e. The van der Waals surface area contributed by atoms with Crippen LogP contribution in [-0.2, 0) is 9.53 Å². The fourth-order valence-corrected chi connectivity index (χ4v) is 2.35. The molecular formula is C17H20O2. The third-order valence-electron chi connectivity index (χ3n) is 3.27. The van der Waals surface area contributed by atoms with Crippen molar-refractivity contribution >= 4 is 12.0 Å². The Bertz CT molecular complexity index is 483. The summed E-state index contributed by atoms with van der Waals surface area (Å²) in [6.07, 6.45) is 9.40. The van der Waals surface area contributed by atoms with Crippen LogP contribution in [0.25, 0.3) is 6.08 Å². The van der Waals surface area contributed by atoms with E-state index in [0.717, 1.165) is 31.4 Å². The van der Waals surface area contributed by atoms with Crippen molar-refractivity contribution in [3.05, 3.63) is 53.3 Å². The monoisotopic (exact) mass is 256 g/mol. The van der Waals surface area contributed by atoms with Crippen molar-refractivity contribution in [3.63, 3.8) is 0 Å². The molecule has 1 aliphatic rings. The standard InChI is InChI=1S/C17H20O2/c1-14(18)19-17-13-6-5-11-16(17)12-7-10-15-8-3-2-4-9-15/h2-4,7-10H,5-6,11-13H2,1H3/b10-7+. The van der Waals surface area contributed by atoms with Crippen LogP contribution in [-0.4, -0.2) is 5.97 Å². The van der Waals surface area contributed by atoms with E-state index in [2.05, 4.69) is 24.3 Å². The molecule has 0 amide bonds. The number of carbonyl (C=O) groups is 1. The Morgan fingerprint density at radius 3 is 2.68 bits per heavy atom. The Balaban J connectivity index is 2.01. The van der Waals surface area contributed by atoms with Crippen molar-refractivity contribution in [2.45, 2.75) is 39.0 Å². The van der Waals surface area contributed by atoms with Gasteiger partial charge in [0.1, 0.15) is 5.76 Å². The van der Waals surface area contributed by atoms with E-state index < -0.39 is 0 Å². The molecule has 0 aromatic heterocycles. The third kappa shape index (κ3) is 4.40. The molecule has 1 aromatic carbocycles. The molecule has 1 aliphatic carbocycles. The highest BCUT2D eigenvalue weighted by atomic mass is 16.5. The van der Waals surface area contributed by atoms with Gasteiger partial charge in [-0.05, 0) is 36.8 Å². The molecule has 1 aromatic rings. The van der Waals surface area contributed by atoms with Crippen LogP contribution in [0.1, 0.15) is 44.6 Å². The number of hydrogen-bond donors (Lipinski definition) is 0. The van der Waals surface area contributed by atoms with Crippen LogP contribution in [0.3, 0.4) is 0 Å². The first kappa shape index (κ1) is 13.6. The summed E-state index contributed by atoms with van der Waals surface area (Å²) in [5, 5.41) is 0. The van der Waals surface area contributed by atoms with Crippen LogP contribution in [0, 0.1) is 0 Å². The maximum absolute atomic E-state index is 11.1. The van der Waals surface area contributed by atoms with Gasteiger partial charge in [0.2, 0.25) is 0 Å². The minimum Gasteiger partial charge on any atom is -0.431 e. The van der Waals surface area contributed by atoms with E-state index in [9.17, 15) is 4.79 Å². The number of hydrogen-bond acceptors (Lipinski definition) is 2. The van der Waals surface area contributed by atoms with Crippen LogP contribution >= 0.6 is 0 Å². The Kier molecular flexibility index (Phi) is 4.96. The number of allylic oxidation sites excluding steroid dienone is 3. The lowest BCUT2D eigenvalue weighted by molar-refractivity contribution is -0.137. The summed E-state index contributed by atoms with van der Waals surface area (Å²) in [7, 11) is 0. The Hall–Kier alpha value is -1.83. The van der Waals surface area contributed by atoms with Gasteiger partial charge >= 0.3 is 5.97 Å².